The van der Waals surface area contributed by atoms with Gasteiger partial charge in [0.05, 0.1) is 0 Å². The molecule has 0 saturated carbocycles. The summed E-state index contributed by atoms with van der Waals surface area (Å²) in [6, 6.07) is 15.2. The average Bonchev–Trinajstić information content (AvgIpc) is 2.47. The molecule has 3 N–H and O–H groups in total. The summed E-state index contributed by atoms with van der Waals surface area (Å²) in [5.74, 6) is 6.17. The molecular formula is C16H19FN2S. The molecule has 0 heterocycles. The smallest absolute Gasteiger partial charge is 0.136 e. The van der Waals surface area contributed by atoms with Crippen LogP contribution in [0.25, 0.3) is 0 Å². The van der Waals surface area contributed by atoms with E-state index in [2.05, 4.69) is 24.5 Å². The molecule has 1 atom stereocenters. The Morgan fingerprint density at radius 3 is 2.55 bits per heavy atom. The largest absolute Gasteiger partial charge is 0.271 e. The molecule has 1 unspecified atom stereocenters. The maximum Gasteiger partial charge on any atom is 0.136 e. The molecule has 0 radical (unpaired) electrons. The minimum atomic E-state index is -0.177. The first kappa shape index (κ1) is 15.0. The zero-order valence-electron chi connectivity index (χ0n) is 11.5. The van der Waals surface area contributed by atoms with Gasteiger partial charge in [-0.2, -0.15) is 0 Å². The van der Waals surface area contributed by atoms with E-state index in [1.54, 1.807) is 12.1 Å². The maximum absolute atomic E-state index is 13.6. The Morgan fingerprint density at radius 1 is 1.15 bits per heavy atom. The van der Waals surface area contributed by atoms with E-state index >= 15 is 0 Å². The lowest BCUT2D eigenvalue weighted by Crippen LogP contribution is -2.38. The predicted molar refractivity (Wildman–Crippen MR) is 83.1 cm³/mol. The lowest BCUT2D eigenvalue weighted by Gasteiger charge is -2.17. The zero-order chi connectivity index (χ0) is 14.4. The van der Waals surface area contributed by atoms with Crippen molar-refractivity contribution in [3.05, 3.63) is 65.5 Å². The van der Waals surface area contributed by atoms with Crippen LogP contribution in [0.2, 0.25) is 0 Å². The fraction of sp³-hybridized carbons (Fsp3) is 0.250. The van der Waals surface area contributed by atoms with Gasteiger partial charge in [0.15, 0.2) is 0 Å². The summed E-state index contributed by atoms with van der Waals surface area (Å²) < 4.78 is 13.6. The van der Waals surface area contributed by atoms with Crippen LogP contribution in [0.1, 0.15) is 11.1 Å². The van der Waals surface area contributed by atoms with Gasteiger partial charge >= 0.3 is 0 Å². The van der Waals surface area contributed by atoms with Crippen LogP contribution in [-0.4, -0.2) is 11.8 Å². The van der Waals surface area contributed by atoms with Crippen LogP contribution in [0, 0.1) is 12.7 Å². The number of nitrogens with two attached hydrogens (primary N) is 1. The second-order valence-electron chi connectivity index (χ2n) is 4.74. The second kappa shape index (κ2) is 7.43. The summed E-state index contributed by atoms with van der Waals surface area (Å²) in [4.78, 5) is 0.664. The molecule has 0 aromatic heterocycles. The molecule has 2 aromatic rings. The quantitative estimate of drug-likeness (QED) is 0.487. The second-order valence-corrected chi connectivity index (χ2v) is 5.80. The topological polar surface area (TPSA) is 38.0 Å². The lowest BCUT2D eigenvalue weighted by atomic mass is 10.0. The number of benzene rings is 2. The molecule has 0 aliphatic heterocycles. The van der Waals surface area contributed by atoms with Crippen LogP contribution in [0.5, 0.6) is 0 Å². The molecule has 0 saturated heterocycles. The predicted octanol–water partition coefficient (Wildman–Crippen LogP) is 3.30. The summed E-state index contributed by atoms with van der Waals surface area (Å²) in [6.07, 6.45) is 0.838. The van der Waals surface area contributed by atoms with Gasteiger partial charge in [-0.25, -0.2) is 4.39 Å². The Hall–Kier alpha value is -1.36. The molecule has 106 valence electrons. The van der Waals surface area contributed by atoms with Crippen LogP contribution in [-0.2, 0) is 6.42 Å². The number of hydrogen-bond acceptors (Lipinski definition) is 3. The molecule has 0 amide bonds. The Balaban J connectivity index is 1.96. The normalized spacial score (nSPS) is 12.3. The molecule has 2 rings (SSSR count). The van der Waals surface area contributed by atoms with E-state index in [0.717, 1.165) is 12.2 Å². The van der Waals surface area contributed by atoms with Gasteiger partial charge in [-0.15, -0.1) is 11.8 Å². The summed E-state index contributed by atoms with van der Waals surface area (Å²) in [7, 11) is 0. The number of aryl methyl sites for hydroxylation is 1. The highest BCUT2D eigenvalue weighted by molar-refractivity contribution is 7.99. The van der Waals surface area contributed by atoms with Gasteiger partial charge in [0.2, 0.25) is 0 Å². The van der Waals surface area contributed by atoms with Crippen LogP contribution in [0.4, 0.5) is 4.39 Å². The van der Waals surface area contributed by atoms with Crippen molar-refractivity contribution in [2.45, 2.75) is 24.3 Å². The highest BCUT2D eigenvalue weighted by atomic mass is 32.2. The number of thioether (sulfide) groups is 1. The molecule has 0 aliphatic carbocycles. The van der Waals surface area contributed by atoms with Crippen molar-refractivity contribution in [3.63, 3.8) is 0 Å². The first-order valence-electron chi connectivity index (χ1n) is 6.58. The van der Waals surface area contributed by atoms with E-state index in [4.69, 9.17) is 5.84 Å². The third-order valence-electron chi connectivity index (χ3n) is 3.24. The Kier molecular flexibility index (Phi) is 5.59. The minimum absolute atomic E-state index is 0.112. The SMILES string of the molecule is Cc1ccccc1CC(CSc1ccccc1F)NN. The van der Waals surface area contributed by atoms with Gasteiger partial charge in [0.1, 0.15) is 5.82 Å². The maximum atomic E-state index is 13.6. The van der Waals surface area contributed by atoms with Crippen molar-refractivity contribution in [2.24, 2.45) is 5.84 Å². The Labute approximate surface area is 123 Å². The third kappa shape index (κ3) is 4.07. The molecule has 0 aliphatic rings. The van der Waals surface area contributed by atoms with Gasteiger partial charge in [-0.3, -0.25) is 11.3 Å². The fourth-order valence-corrected chi connectivity index (χ4v) is 3.00. The molecule has 0 spiro atoms. The molecule has 0 fully saturated rings. The van der Waals surface area contributed by atoms with E-state index in [-0.39, 0.29) is 11.9 Å². The number of hydrogen-bond donors (Lipinski definition) is 2. The molecule has 2 aromatic carbocycles. The molecule has 20 heavy (non-hydrogen) atoms. The highest BCUT2D eigenvalue weighted by Gasteiger charge is 2.11. The van der Waals surface area contributed by atoms with E-state index in [1.165, 1.54) is 29.0 Å². The van der Waals surface area contributed by atoms with Crippen LogP contribution < -0.4 is 11.3 Å². The van der Waals surface area contributed by atoms with Gasteiger partial charge in [-0.1, -0.05) is 36.4 Å². The van der Waals surface area contributed by atoms with Gasteiger partial charge in [0, 0.05) is 16.7 Å². The summed E-state index contributed by atoms with van der Waals surface area (Å²) >= 11 is 1.49. The fourth-order valence-electron chi connectivity index (χ4n) is 2.02. The third-order valence-corrected chi connectivity index (χ3v) is 4.45. The van der Waals surface area contributed by atoms with E-state index in [0.29, 0.717) is 4.90 Å². The van der Waals surface area contributed by atoms with E-state index in [9.17, 15) is 4.39 Å². The van der Waals surface area contributed by atoms with E-state index < -0.39 is 0 Å². The van der Waals surface area contributed by atoms with Crippen molar-refractivity contribution in [3.8, 4) is 0 Å². The highest BCUT2D eigenvalue weighted by Crippen LogP contribution is 2.23. The monoisotopic (exact) mass is 290 g/mol. The van der Waals surface area contributed by atoms with Crippen molar-refractivity contribution >= 4 is 11.8 Å². The molecular weight excluding hydrogens is 271 g/mol. The summed E-state index contributed by atoms with van der Waals surface area (Å²) in [5, 5.41) is 0. The first-order valence-corrected chi connectivity index (χ1v) is 7.57. The lowest BCUT2D eigenvalue weighted by molar-refractivity contribution is 0.572. The van der Waals surface area contributed by atoms with Gasteiger partial charge < -0.3 is 0 Å². The van der Waals surface area contributed by atoms with Crippen molar-refractivity contribution in [1.82, 2.24) is 5.43 Å². The van der Waals surface area contributed by atoms with Crippen LogP contribution >= 0.6 is 11.8 Å². The number of rotatable bonds is 6. The standard InChI is InChI=1S/C16H19FN2S/c1-12-6-2-3-7-13(12)10-14(19-18)11-20-16-9-5-4-8-15(16)17/h2-9,14,19H,10-11,18H2,1H3. The van der Waals surface area contributed by atoms with Crippen LogP contribution in [0.15, 0.2) is 53.4 Å². The van der Waals surface area contributed by atoms with Gasteiger partial charge in [0.25, 0.3) is 0 Å². The van der Waals surface area contributed by atoms with Crippen molar-refractivity contribution in [1.29, 1.82) is 0 Å². The Bertz CT molecular complexity index is 560. The summed E-state index contributed by atoms with van der Waals surface area (Å²) in [5.41, 5.74) is 5.35. The van der Waals surface area contributed by atoms with Crippen molar-refractivity contribution < 1.29 is 4.39 Å². The van der Waals surface area contributed by atoms with Crippen molar-refractivity contribution in [2.75, 3.05) is 5.75 Å². The minimum Gasteiger partial charge on any atom is -0.271 e. The summed E-state index contributed by atoms with van der Waals surface area (Å²) in [6.45, 7) is 2.09. The van der Waals surface area contributed by atoms with Gasteiger partial charge in [-0.05, 0) is 36.6 Å². The average molecular weight is 290 g/mol. The number of hydrazine groups is 1. The van der Waals surface area contributed by atoms with Crippen LogP contribution in [0.3, 0.4) is 0 Å². The number of halogens is 1. The molecule has 4 heteroatoms. The first-order chi connectivity index (χ1) is 9.70. The molecule has 2 nitrogen and oxygen atoms in total. The van der Waals surface area contributed by atoms with E-state index in [1.807, 2.05) is 18.2 Å². The zero-order valence-corrected chi connectivity index (χ0v) is 12.3. The Morgan fingerprint density at radius 2 is 1.85 bits per heavy atom. The number of nitrogens with one attached hydrogen (secondary N) is 1. The molecule has 0 bridgehead atoms.